The zero-order valence-corrected chi connectivity index (χ0v) is 10.5. The lowest BCUT2D eigenvalue weighted by atomic mass is 10.2. The van der Waals surface area contributed by atoms with Gasteiger partial charge in [-0.3, -0.25) is 9.59 Å². The van der Waals surface area contributed by atoms with Crippen molar-refractivity contribution < 1.29 is 32.3 Å². The molecule has 0 saturated heterocycles. The van der Waals surface area contributed by atoms with Crippen LogP contribution in [0.1, 0.15) is 10.4 Å². The van der Waals surface area contributed by atoms with Crippen LogP contribution in [0.5, 0.6) is 0 Å². The molecule has 1 aromatic rings. The lowest BCUT2D eigenvalue weighted by Crippen LogP contribution is -2.42. The Labute approximate surface area is 115 Å². The topological polar surface area (TPSA) is 57.6 Å². The van der Waals surface area contributed by atoms with Crippen LogP contribution in [0, 0.1) is 5.82 Å². The highest BCUT2D eigenvalue weighted by molar-refractivity contribution is 6.30. The van der Waals surface area contributed by atoms with Crippen LogP contribution in [0.3, 0.4) is 0 Å². The Morgan fingerprint density at radius 3 is 2.35 bits per heavy atom. The molecular weight excluding hydrogens is 306 g/mol. The standard InChI is InChI=1S/C11H8ClF4NO3/c12-6-1-2-7(8(13)3-6)10(20)17(4-9(18)19)5-11(14,15)16/h1-3H,4-5H2,(H,18,19). The molecule has 110 valence electrons. The Bertz CT molecular complexity index is 533. The van der Waals surface area contributed by atoms with Gasteiger partial charge < -0.3 is 10.0 Å². The van der Waals surface area contributed by atoms with Crippen molar-refractivity contribution in [2.24, 2.45) is 0 Å². The van der Waals surface area contributed by atoms with Gasteiger partial charge in [-0.05, 0) is 18.2 Å². The highest BCUT2D eigenvalue weighted by Crippen LogP contribution is 2.20. The second-order valence-electron chi connectivity index (χ2n) is 3.79. The molecule has 1 rings (SSSR count). The van der Waals surface area contributed by atoms with Crippen LogP contribution >= 0.6 is 11.6 Å². The Balaban J connectivity index is 3.06. The molecule has 1 aromatic carbocycles. The number of carbonyl (C=O) groups excluding carboxylic acids is 1. The number of amides is 1. The van der Waals surface area contributed by atoms with Crippen LogP contribution in [0.4, 0.5) is 17.6 Å². The molecule has 0 atom stereocenters. The Morgan fingerprint density at radius 1 is 1.30 bits per heavy atom. The smallest absolute Gasteiger partial charge is 0.406 e. The summed E-state index contributed by atoms with van der Waals surface area (Å²) >= 11 is 5.45. The molecule has 4 nitrogen and oxygen atoms in total. The van der Waals surface area contributed by atoms with Crippen LogP contribution in [-0.2, 0) is 4.79 Å². The number of nitrogens with zero attached hydrogens (tertiary/aromatic N) is 1. The molecule has 0 aliphatic rings. The molecule has 0 spiro atoms. The van der Waals surface area contributed by atoms with Crippen LogP contribution in [0.25, 0.3) is 0 Å². The third-order valence-corrected chi connectivity index (χ3v) is 2.38. The summed E-state index contributed by atoms with van der Waals surface area (Å²) in [5.74, 6) is -4.14. The lowest BCUT2D eigenvalue weighted by Gasteiger charge is -2.22. The molecular formula is C11H8ClF4NO3. The molecule has 0 bridgehead atoms. The highest BCUT2D eigenvalue weighted by atomic mass is 35.5. The van der Waals surface area contributed by atoms with E-state index in [0.29, 0.717) is 0 Å². The molecule has 0 fully saturated rings. The fourth-order valence-corrected chi connectivity index (χ4v) is 1.57. The molecule has 0 saturated carbocycles. The first-order valence-corrected chi connectivity index (χ1v) is 5.51. The van der Waals surface area contributed by atoms with Gasteiger partial charge in [0, 0.05) is 5.02 Å². The largest absolute Gasteiger partial charge is 0.480 e. The number of rotatable bonds is 4. The van der Waals surface area contributed by atoms with Gasteiger partial charge in [-0.25, -0.2) is 4.39 Å². The van der Waals surface area contributed by atoms with Crippen molar-refractivity contribution in [3.05, 3.63) is 34.6 Å². The first-order chi connectivity index (χ1) is 9.10. The maximum atomic E-state index is 13.5. The summed E-state index contributed by atoms with van der Waals surface area (Å²) in [6, 6.07) is 2.76. The fraction of sp³-hybridized carbons (Fsp3) is 0.273. The number of hydrogen-bond donors (Lipinski definition) is 1. The average molecular weight is 314 g/mol. The van der Waals surface area contributed by atoms with Crippen molar-refractivity contribution in [1.82, 2.24) is 4.90 Å². The van der Waals surface area contributed by atoms with E-state index >= 15 is 0 Å². The molecule has 0 radical (unpaired) electrons. The number of hydrogen-bond acceptors (Lipinski definition) is 2. The Morgan fingerprint density at radius 2 is 1.90 bits per heavy atom. The number of aliphatic carboxylic acids is 1. The maximum Gasteiger partial charge on any atom is 0.406 e. The molecule has 0 aromatic heterocycles. The van der Waals surface area contributed by atoms with Crippen molar-refractivity contribution in [2.75, 3.05) is 13.1 Å². The summed E-state index contributed by atoms with van der Waals surface area (Å²) < 4.78 is 50.4. The van der Waals surface area contributed by atoms with Crippen molar-refractivity contribution in [2.45, 2.75) is 6.18 Å². The van der Waals surface area contributed by atoms with Gasteiger partial charge in [-0.2, -0.15) is 13.2 Å². The van der Waals surface area contributed by atoms with Crippen molar-refractivity contribution in [3.8, 4) is 0 Å². The third-order valence-electron chi connectivity index (χ3n) is 2.15. The zero-order valence-electron chi connectivity index (χ0n) is 9.75. The van der Waals surface area contributed by atoms with Crippen LogP contribution in [-0.4, -0.2) is 41.1 Å². The highest BCUT2D eigenvalue weighted by Gasteiger charge is 2.35. The first-order valence-electron chi connectivity index (χ1n) is 5.13. The van der Waals surface area contributed by atoms with Gasteiger partial charge in [-0.15, -0.1) is 0 Å². The number of alkyl halides is 3. The summed E-state index contributed by atoms with van der Waals surface area (Å²) in [5, 5.41) is 8.47. The van der Waals surface area contributed by atoms with Gasteiger partial charge in [0.05, 0.1) is 5.56 Å². The number of carbonyl (C=O) groups is 2. The van der Waals surface area contributed by atoms with Gasteiger partial charge in [-0.1, -0.05) is 11.6 Å². The maximum absolute atomic E-state index is 13.5. The number of carboxylic acid groups (broad SMARTS) is 1. The molecule has 0 aliphatic carbocycles. The van der Waals surface area contributed by atoms with Crippen LogP contribution in [0.2, 0.25) is 5.02 Å². The SMILES string of the molecule is O=C(O)CN(CC(F)(F)F)C(=O)c1ccc(Cl)cc1F. The lowest BCUT2D eigenvalue weighted by molar-refractivity contribution is -0.149. The van der Waals surface area contributed by atoms with Crippen molar-refractivity contribution in [3.63, 3.8) is 0 Å². The van der Waals surface area contributed by atoms with Crippen molar-refractivity contribution in [1.29, 1.82) is 0 Å². The quantitative estimate of drug-likeness (QED) is 0.869. The molecule has 1 amide bonds. The van der Waals surface area contributed by atoms with E-state index in [1.807, 2.05) is 0 Å². The second kappa shape index (κ2) is 6.08. The Kier molecular flexibility index (Phi) is 4.93. The zero-order chi connectivity index (χ0) is 15.5. The summed E-state index contributed by atoms with van der Waals surface area (Å²) in [6.45, 7) is -2.99. The van der Waals surface area contributed by atoms with E-state index in [4.69, 9.17) is 16.7 Å². The summed E-state index contributed by atoms with van der Waals surface area (Å²) in [7, 11) is 0. The van der Waals surface area contributed by atoms with E-state index in [0.717, 1.165) is 18.2 Å². The molecule has 1 N–H and O–H groups in total. The number of halogens is 5. The van der Waals surface area contributed by atoms with Gasteiger partial charge >= 0.3 is 12.1 Å². The van der Waals surface area contributed by atoms with Gasteiger partial charge in [0.2, 0.25) is 0 Å². The molecule has 20 heavy (non-hydrogen) atoms. The van der Waals surface area contributed by atoms with Gasteiger partial charge in [0.15, 0.2) is 0 Å². The number of carboxylic acids is 1. The second-order valence-corrected chi connectivity index (χ2v) is 4.23. The van der Waals surface area contributed by atoms with E-state index < -0.39 is 42.5 Å². The Hall–Kier alpha value is -1.83. The van der Waals surface area contributed by atoms with Crippen molar-refractivity contribution >= 4 is 23.5 Å². The fourth-order valence-electron chi connectivity index (χ4n) is 1.41. The van der Waals surface area contributed by atoms with Gasteiger partial charge in [0.1, 0.15) is 18.9 Å². The predicted molar refractivity (Wildman–Crippen MR) is 61.0 cm³/mol. The summed E-state index contributed by atoms with van der Waals surface area (Å²) in [6.07, 6.45) is -4.80. The summed E-state index contributed by atoms with van der Waals surface area (Å²) in [5.41, 5.74) is -0.681. The van der Waals surface area contributed by atoms with E-state index in [9.17, 15) is 27.2 Å². The third kappa shape index (κ3) is 4.69. The van der Waals surface area contributed by atoms with E-state index in [1.54, 1.807) is 0 Å². The number of benzene rings is 1. The first kappa shape index (κ1) is 16.2. The minimum atomic E-state index is -4.80. The van der Waals surface area contributed by atoms with E-state index in [-0.39, 0.29) is 9.92 Å². The van der Waals surface area contributed by atoms with E-state index in [1.165, 1.54) is 0 Å². The minimum Gasteiger partial charge on any atom is -0.480 e. The monoisotopic (exact) mass is 313 g/mol. The van der Waals surface area contributed by atoms with Gasteiger partial charge in [0.25, 0.3) is 5.91 Å². The van der Waals surface area contributed by atoms with E-state index in [2.05, 4.69) is 0 Å². The molecule has 0 unspecified atom stereocenters. The average Bonchev–Trinajstić information content (AvgIpc) is 2.24. The molecule has 0 heterocycles. The van der Waals surface area contributed by atoms with Crippen LogP contribution < -0.4 is 0 Å². The van der Waals surface area contributed by atoms with Crippen LogP contribution in [0.15, 0.2) is 18.2 Å². The molecule has 9 heteroatoms. The minimum absolute atomic E-state index is 0.00531. The summed E-state index contributed by atoms with van der Waals surface area (Å²) in [4.78, 5) is 22.3. The molecule has 0 aliphatic heterocycles. The normalized spacial score (nSPS) is 11.2. The predicted octanol–water partition coefficient (Wildman–Crippen LogP) is 2.57.